The van der Waals surface area contributed by atoms with Crippen LogP contribution in [-0.4, -0.2) is 10.8 Å². The number of non-ortho nitro benzene ring substituents is 1. The van der Waals surface area contributed by atoms with Crippen molar-refractivity contribution in [2.75, 3.05) is 5.32 Å². The summed E-state index contributed by atoms with van der Waals surface area (Å²) >= 11 is 13.0. The number of nitro groups is 1. The summed E-state index contributed by atoms with van der Waals surface area (Å²) in [6.07, 6.45) is 1.46. The highest BCUT2D eigenvalue weighted by atomic mass is 79.9. The summed E-state index contributed by atoms with van der Waals surface area (Å²) in [6.45, 7) is 2.04. The fourth-order valence-corrected chi connectivity index (χ4v) is 4.49. The van der Waals surface area contributed by atoms with E-state index in [2.05, 4.69) is 37.2 Å². The van der Waals surface area contributed by atoms with Crippen LogP contribution in [0.3, 0.4) is 0 Å². The third-order valence-corrected chi connectivity index (χ3v) is 6.24. The molecule has 0 saturated heterocycles. The molecule has 0 spiro atoms. The van der Waals surface area contributed by atoms with Crippen LogP contribution >= 0.6 is 43.5 Å². The molecule has 0 aromatic heterocycles. The van der Waals surface area contributed by atoms with E-state index in [9.17, 15) is 20.2 Å². The van der Waals surface area contributed by atoms with E-state index in [4.69, 9.17) is 16.3 Å². The molecule has 0 bridgehead atoms. The zero-order valence-corrected chi connectivity index (χ0v) is 21.6. The number of nitrogens with zero attached hydrogens (tertiary/aromatic N) is 2. The summed E-state index contributed by atoms with van der Waals surface area (Å²) in [5.41, 5.74) is 2.63. The van der Waals surface area contributed by atoms with Crippen molar-refractivity contribution in [2.45, 2.75) is 13.5 Å². The molecule has 1 N–H and O–H groups in total. The smallest absolute Gasteiger partial charge is 0.269 e. The number of hydrogen-bond acceptors (Lipinski definition) is 5. The number of carbonyl (C=O) groups excluding carboxylic acids is 1. The number of rotatable bonds is 7. The minimum atomic E-state index is -0.562. The van der Waals surface area contributed by atoms with Crippen LogP contribution < -0.4 is 10.1 Å². The minimum absolute atomic E-state index is 0.00469. The van der Waals surface area contributed by atoms with Crippen molar-refractivity contribution < 1.29 is 14.5 Å². The van der Waals surface area contributed by atoms with Crippen LogP contribution in [0.15, 0.2) is 69.1 Å². The highest BCUT2D eigenvalue weighted by Crippen LogP contribution is 2.36. The summed E-state index contributed by atoms with van der Waals surface area (Å²) in [4.78, 5) is 22.9. The number of hydrogen-bond donors (Lipinski definition) is 1. The maximum absolute atomic E-state index is 12.6. The Kier molecular flexibility index (Phi) is 8.45. The monoisotopic (exact) mass is 603 g/mol. The molecule has 0 heterocycles. The molecule has 0 fully saturated rings. The largest absolute Gasteiger partial charge is 0.487 e. The second-order valence-corrected chi connectivity index (χ2v) is 9.23. The summed E-state index contributed by atoms with van der Waals surface area (Å²) < 4.78 is 7.04. The van der Waals surface area contributed by atoms with Crippen molar-refractivity contribution >= 4 is 66.8 Å². The molecule has 1 amide bonds. The van der Waals surface area contributed by atoms with Crippen LogP contribution in [0.5, 0.6) is 5.75 Å². The van der Waals surface area contributed by atoms with E-state index in [1.54, 1.807) is 42.5 Å². The molecule has 0 unspecified atom stereocenters. The van der Waals surface area contributed by atoms with E-state index >= 15 is 0 Å². The third-order valence-electron chi connectivity index (χ3n) is 4.66. The number of nitriles is 1. The topological polar surface area (TPSA) is 105 Å². The normalized spacial score (nSPS) is 11.0. The highest BCUT2D eigenvalue weighted by molar-refractivity contribution is 9.11. The van der Waals surface area contributed by atoms with Gasteiger partial charge in [0.05, 0.1) is 13.9 Å². The number of ether oxygens (including phenoxy) is 1. The fourth-order valence-electron chi connectivity index (χ4n) is 2.85. The number of carbonyl (C=O) groups is 1. The Labute approximate surface area is 217 Å². The van der Waals surface area contributed by atoms with Crippen molar-refractivity contribution in [1.29, 1.82) is 5.26 Å². The maximum atomic E-state index is 12.6. The SMILES string of the molecule is Cc1ccc(NC(=O)/C(C#N)=C\c2cc(Br)c(OCc3ccc([N+](=O)[O-])cc3)c(Br)c2)cc1Cl. The van der Waals surface area contributed by atoms with Gasteiger partial charge in [0.2, 0.25) is 0 Å². The van der Waals surface area contributed by atoms with Crippen molar-refractivity contribution in [2.24, 2.45) is 0 Å². The number of benzene rings is 3. The average Bonchev–Trinajstić information content (AvgIpc) is 2.79. The van der Waals surface area contributed by atoms with Crippen LogP contribution in [-0.2, 0) is 11.4 Å². The lowest BCUT2D eigenvalue weighted by Gasteiger charge is -2.12. The Balaban J connectivity index is 1.75. The molecule has 0 aliphatic rings. The van der Waals surface area contributed by atoms with Crippen molar-refractivity contribution in [1.82, 2.24) is 0 Å². The quantitative estimate of drug-likeness (QED) is 0.133. The van der Waals surface area contributed by atoms with Gasteiger partial charge in [-0.05, 0) is 97.9 Å². The molecule has 3 aromatic carbocycles. The van der Waals surface area contributed by atoms with E-state index in [1.807, 2.05) is 13.0 Å². The second kappa shape index (κ2) is 11.3. The lowest BCUT2D eigenvalue weighted by molar-refractivity contribution is -0.384. The van der Waals surface area contributed by atoms with Crippen LogP contribution in [0.25, 0.3) is 6.08 Å². The van der Waals surface area contributed by atoms with E-state index < -0.39 is 10.8 Å². The molecule has 3 aromatic rings. The number of aryl methyl sites for hydroxylation is 1. The lowest BCUT2D eigenvalue weighted by atomic mass is 10.1. The Morgan fingerprint density at radius 1 is 1.18 bits per heavy atom. The molecular weight excluding hydrogens is 590 g/mol. The summed E-state index contributed by atoms with van der Waals surface area (Å²) in [5, 5.41) is 23.5. The Bertz CT molecular complexity index is 1310. The van der Waals surface area contributed by atoms with Gasteiger partial charge in [-0.1, -0.05) is 17.7 Å². The molecule has 10 heteroatoms. The van der Waals surface area contributed by atoms with Gasteiger partial charge in [0.15, 0.2) is 0 Å². The van der Waals surface area contributed by atoms with Gasteiger partial charge in [-0.25, -0.2) is 0 Å². The molecule has 7 nitrogen and oxygen atoms in total. The first kappa shape index (κ1) is 25.4. The van der Waals surface area contributed by atoms with Gasteiger partial charge in [0.25, 0.3) is 11.6 Å². The van der Waals surface area contributed by atoms with Crippen LogP contribution in [0.4, 0.5) is 11.4 Å². The predicted octanol–water partition coefficient (Wildman–Crippen LogP) is 7.21. The van der Waals surface area contributed by atoms with Gasteiger partial charge in [0.1, 0.15) is 24.0 Å². The highest BCUT2D eigenvalue weighted by Gasteiger charge is 2.14. The Hall–Kier alpha value is -3.19. The lowest BCUT2D eigenvalue weighted by Crippen LogP contribution is -2.13. The molecular formula is C24H16Br2ClN3O4. The first-order chi connectivity index (χ1) is 16.2. The standard InChI is InChI=1S/C24H16Br2ClN3O4/c1-14-2-5-18(11-22(14)27)29-24(31)17(12-28)8-16-9-20(25)23(21(26)10-16)34-13-15-3-6-19(7-4-15)30(32)33/h2-11H,13H2,1H3,(H,29,31)/b17-8-. The first-order valence-electron chi connectivity index (χ1n) is 9.72. The molecule has 0 radical (unpaired) electrons. The third kappa shape index (κ3) is 6.44. The number of anilines is 1. The summed E-state index contributed by atoms with van der Waals surface area (Å²) in [7, 11) is 0. The maximum Gasteiger partial charge on any atom is 0.269 e. The number of nitrogens with one attached hydrogen (secondary N) is 1. The van der Waals surface area contributed by atoms with Crippen molar-refractivity contribution in [3.63, 3.8) is 0 Å². The Morgan fingerprint density at radius 3 is 2.38 bits per heavy atom. The molecule has 0 atom stereocenters. The molecule has 3 rings (SSSR count). The van der Waals surface area contributed by atoms with E-state index in [1.165, 1.54) is 18.2 Å². The summed E-state index contributed by atoms with van der Waals surface area (Å²) in [5.74, 6) is -0.0547. The molecule has 0 aliphatic carbocycles. The van der Waals surface area contributed by atoms with Gasteiger partial charge in [-0.3, -0.25) is 14.9 Å². The molecule has 0 aliphatic heterocycles. The zero-order chi connectivity index (χ0) is 24.8. The van der Waals surface area contributed by atoms with E-state index in [0.29, 0.717) is 31.0 Å². The Morgan fingerprint density at radius 2 is 1.82 bits per heavy atom. The van der Waals surface area contributed by atoms with Crippen LogP contribution in [0, 0.1) is 28.4 Å². The number of amides is 1. The first-order valence-corrected chi connectivity index (χ1v) is 11.7. The van der Waals surface area contributed by atoms with E-state index in [-0.39, 0.29) is 17.9 Å². The molecule has 172 valence electrons. The van der Waals surface area contributed by atoms with Crippen LogP contribution in [0.1, 0.15) is 16.7 Å². The van der Waals surface area contributed by atoms with E-state index in [0.717, 1.165) is 11.1 Å². The van der Waals surface area contributed by atoms with Gasteiger partial charge < -0.3 is 10.1 Å². The summed E-state index contributed by atoms with van der Waals surface area (Å²) in [6, 6.07) is 16.5. The second-order valence-electron chi connectivity index (χ2n) is 7.11. The van der Waals surface area contributed by atoms with Gasteiger partial charge >= 0.3 is 0 Å². The van der Waals surface area contributed by atoms with Crippen LogP contribution in [0.2, 0.25) is 5.02 Å². The molecule has 0 saturated carbocycles. The van der Waals surface area contributed by atoms with Gasteiger partial charge in [-0.2, -0.15) is 5.26 Å². The van der Waals surface area contributed by atoms with Crippen molar-refractivity contribution in [3.8, 4) is 11.8 Å². The number of nitro benzene ring substituents is 1. The van der Waals surface area contributed by atoms with Gasteiger partial charge in [0, 0.05) is 22.8 Å². The predicted molar refractivity (Wildman–Crippen MR) is 138 cm³/mol. The minimum Gasteiger partial charge on any atom is -0.487 e. The van der Waals surface area contributed by atoms with Crippen molar-refractivity contribution in [3.05, 3.63) is 101 Å². The number of halogens is 3. The molecule has 34 heavy (non-hydrogen) atoms. The average molecular weight is 606 g/mol. The zero-order valence-electron chi connectivity index (χ0n) is 17.6. The van der Waals surface area contributed by atoms with Gasteiger partial charge in [-0.15, -0.1) is 0 Å². The fraction of sp³-hybridized carbons (Fsp3) is 0.0833.